The summed E-state index contributed by atoms with van der Waals surface area (Å²) in [4.78, 5) is 0. The highest BCUT2D eigenvalue weighted by Crippen LogP contribution is 1.47. The summed E-state index contributed by atoms with van der Waals surface area (Å²) in [6.45, 7) is 0. The summed E-state index contributed by atoms with van der Waals surface area (Å²) in [5.74, 6) is 0. The zero-order valence-corrected chi connectivity index (χ0v) is 4.49. The Bertz CT molecular complexity index is 8.00. The molecule has 0 saturated carbocycles. The Labute approximate surface area is 40.2 Å². The van der Waals surface area contributed by atoms with Crippen molar-refractivity contribution >= 4 is 11.9 Å². The van der Waals surface area contributed by atoms with E-state index >= 15 is 0 Å². The molecule has 0 fully saturated rings. The van der Waals surface area contributed by atoms with Crippen LogP contribution in [0.25, 0.3) is 0 Å². The Morgan fingerprint density at radius 1 is 2.00 bits per heavy atom. The minimum Gasteiger partial charge on any atom is -0.566 e. The van der Waals surface area contributed by atoms with Crippen LogP contribution in [-0.2, 0) is 2.62 Å². The molecule has 0 rings (SSSR count). The van der Waals surface area contributed by atoms with Crippen molar-refractivity contribution < 1.29 is 28.1 Å². The van der Waals surface area contributed by atoms with E-state index in [-0.39, 0.29) is 0 Å². The van der Waals surface area contributed by atoms with E-state index in [9.17, 15) is 0 Å². The monoisotopic (exact) mass is 194 g/mol. The van der Waals surface area contributed by atoms with Crippen LogP contribution in [0.15, 0.2) is 0 Å². The van der Waals surface area contributed by atoms with Crippen molar-refractivity contribution in [3.8, 4) is 0 Å². The van der Waals surface area contributed by atoms with Gasteiger partial charge in [-0.05, 0) is 2.62 Å². The van der Waals surface area contributed by atoms with Gasteiger partial charge in [-0.15, -0.1) is 0 Å². The van der Waals surface area contributed by atoms with Gasteiger partial charge in [0.05, 0.1) is 0 Å². The molecule has 0 aromatic carbocycles. The topological polar surface area (TPSA) is 32.3 Å². The summed E-state index contributed by atoms with van der Waals surface area (Å²) in [5.41, 5.74) is 0. The molecule has 0 unspecified atom stereocenters. The van der Waals surface area contributed by atoms with Gasteiger partial charge in [0.2, 0.25) is 0 Å². The van der Waals surface area contributed by atoms with Gasteiger partial charge in [-0.3, -0.25) is 0 Å². The number of rotatable bonds is 1. The van der Waals surface area contributed by atoms with Gasteiger partial charge in [-0.2, -0.15) is 0 Å². The average Bonchev–Trinajstić information content (AvgIpc) is 1.37. The van der Waals surface area contributed by atoms with Crippen molar-refractivity contribution in [1.82, 2.24) is 0 Å². The van der Waals surface area contributed by atoms with Gasteiger partial charge < -0.3 is 3.44 Å². The van der Waals surface area contributed by atoms with E-state index in [1.807, 2.05) is 0 Å². The van der Waals surface area contributed by atoms with Crippen molar-refractivity contribution in [3.63, 3.8) is 0 Å². The molecule has 4 heteroatoms. The minimum absolute atomic E-state index is 1.37. The predicted molar refractivity (Wildman–Crippen MR) is 6.94 cm³/mol. The summed E-state index contributed by atoms with van der Waals surface area (Å²) < 4.78 is 12.6. The Morgan fingerprint density at radius 3 is 2.25 bits per heavy atom. The smallest absolute Gasteiger partial charge is 0.473 e. The molecule has 26 valence electrons. The summed E-state index contributed by atoms with van der Waals surface area (Å²) in [6, 6.07) is 0. The lowest BCUT2D eigenvalue weighted by atomic mass is 15.9. The van der Waals surface area contributed by atoms with E-state index in [1.54, 1.807) is 0 Å². The molecule has 0 aliphatic heterocycles. The predicted octanol–water partition coefficient (Wildman–Crippen LogP) is -3.56. The second-order valence-electron chi connectivity index (χ2n) is 0.121. The van der Waals surface area contributed by atoms with Gasteiger partial charge in [-0.25, -0.2) is 0 Å². The molecule has 0 aliphatic rings. The first kappa shape index (κ1) is 4.94. The van der Waals surface area contributed by atoms with Crippen LogP contribution in [0.5, 0.6) is 0 Å². The van der Waals surface area contributed by atoms with E-state index in [1.165, 1.54) is 0 Å². The van der Waals surface area contributed by atoms with Crippen molar-refractivity contribution in [1.29, 1.82) is 0 Å². The van der Waals surface area contributed by atoms with Gasteiger partial charge in [-0.1, -0.05) is 0 Å². The maximum Gasteiger partial charge on any atom is 0.473 e. The second-order valence-corrected chi connectivity index (χ2v) is 1.60. The third kappa shape index (κ3) is 2.94. The van der Waals surface area contributed by atoms with Gasteiger partial charge in [0, 0.05) is 0 Å². The van der Waals surface area contributed by atoms with Crippen LogP contribution in [0.3, 0.4) is 0 Å². The normalized spacial score (nSPS) is 7.50. The van der Waals surface area contributed by atoms with Crippen LogP contribution in [0, 0.1) is 0 Å². The fourth-order valence-electron chi connectivity index (χ4n) is 0. The lowest BCUT2D eigenvalue weighted by Crippen LogP contribution is -3.69. The molecule has 0 amide bonds. The van der Waals surface area contributed by atoms with Crippen molar-refractivity contribution in [3.05, 3.63) is 0 Å². The second kappa shape index (κ2) is 3.94. The summed E-state index contributed by atoms with van der Waals surface area (Å²) >= 11 is 3.05. The zero-order valence-electron chi connectivity index (χ0n) is 1.57. The summed E-state index contributed by atoms with van der Waals surface area (Å²) in [7, 11) is 0. The number of hydrogen-bond acceptors (Lipinski definition) is 2. The van der Waals surface area contributed by atoms with E-state index in [2.05, 4.69) is 14.5 Å². The maximum absolute atomic E-state index is 9.05. The lowest BCUT2D eigenvalue weighted by molar-refractivity contribution is -1.25. The molecule has 0 atom stereocenters. The van der Waals surface area contributed by atoms with Crippen LogP contribution >= 0.6 is 11.9 Å². The van der Waals surface area contributed by atoms with Crippen LogP contribution in [0.1, 0.15) is 0 Å². The van der Waals surface area contributed by atoms with E-state index < -0.39 is 22.0 Å². The van der Waals surface area contributed by atoms with Crippen LogP contribution in [-0.4, -0.2) is 0 Å². The molecule has 0 N–H and O–H groups in total. The summed E-state index contributed by atoms with van der Waals surface area (Å²) in [5, 5.41) is 0. The number of halogens is 2. The molecule has 0 heterocycles. The number of hydrogen-bond donors (Lipinski definition) is 0. The largest absolute Gasteiger partial charge is 0.566 e. The van der Waals surface area contributed by atoms with Crippen LogP contribution in [0.2, 0.25) is 0 Å². The molecule has 4 heavy (non-hydrogen) atoms. The van der Waals surface area contributed by atoms with Gasteiger partial charge >= 0.3 is 22.0 Å². The highest BCUT2D eigenvalue weighted by atomic mass is 127. The molecule has 0 saturated heterocycles. The molecule has 0 aromatic heterocycles. The molecule has 2 nitrogen and oxygen atoms in total. The van der Waals surface area contributed by atoms with Gasteiger partial charge in [0.1, 0.15) is 11.9 Å². The molecule has 0 bridgehead atoms. The molecule has 0 spiro atoms. The van der Waals surface area contributed by atoms with Crippen molar-refractivity contribution in [2.45, 2.75) is 0 Å². The van der Waals surface area contributed by atoms with Gasteiger partial charge in [0.15, 0.2) is 0 Å². The fraction of sp³-hybridized carbons (Fsp3) is 0. The summed E-state index contributed by atoms with van der Waals surface area (Å²) in [6.07, 6.45) is 0. The Hall–Kier alpha value is 0.940. The molecular formula is ClIO2. The maximum atomic E-state index is 9.05. The highest BCUT2D eigenvalue weighted by molar-refractivity contribution is 6.06. The molecule has 0 aromatic rings. The average molecular weight is 194 g/mol. The Kier molecular flexibility index (Phi) is 4.87. The standard InChI is InChI=1S/ClIO2/c1-4-2-3. The Morgan fingerprint density at radius 2 is 2.25 bits per heavy atom. The van der Waals surface area contributed by atoms with Crippen LogP contribution in [0.4, 0.5) is 0 Å². The van der Waals surface area contributed by atoms with Crippen molar-refractivity contribution in [2.75, 3.05) is 0 Å². The molecular weight excluding hydrogens is 194 g/mol. The quantitative estimate of drug-likeness (QED) is 0.405. The highest BCUT2D eigenvalue weighted by Gasteiger charge is 1.76. The fourth-order valence-corrected chi connectivity index (χ4v) is 0. The van der Waals surface area contributed by atoms with E-state index in [0.29, 0.717) is 0 Å². The van der Waals surface area contributed by atoms with Gasteiger partial charge in [0.25, 0.3) is 0 Å². The third-order valence-corrected chi connectivity index (χ3v) is 0.479. The lowest BCUT2D eigenvalue weighted by Gasteiger charge is -1.57. The third-order valence-electron chi connectivity index (χ3n) is 0.0238. The van der Waals surface area contributed by atoms with Crippen LogP contribution < -0.4 is 25.5 Å². The first-order chi connectivity index (χ1) is 1.91. The van der Waals surface area contributed by atoms with E-state index in [4.69, 9.17) is 3.44 Å². The minimum atomic E-state index is -1.37. The molecule has 0 aliphatic carbocycles. The SMILES string of the molecule is [O-][I+]OCl. The zero-order chi connectivity index (χ0) is 3.41. The van der Waals surface area contributed by atoms with E-state index in [0.717, 1.165) is 0 Å². The molecule has 0 radical (unpaired) electrons. The van der Waals surface area contributed by atoms with Crippen molar-refractivity contribution in [2.24, 2.45) is 0 Å². The Balaban J connectivity index is 1.97. The first-order valence-electron chi connectivity index (χ1n) is 0.463. The first-order valence-corrected chi connectivity index (χ1v) is 2.53.